The normalized spacial score (nSPS) is 20.8. The second-order valence-corrected chi connectivity index (χ2v) is 5.56. The average Bonchev–Trinajstić information content (AvgIpc) is 2.85. The van der Waals surface area contributed by atoms with E-state index in [1.165, 1.54) is 24.2 Å². The van der Waals surface area contributed by atoms with E-state index >= 15 is 0 Å². The minimum absolute atomic E-state index is 0.109. The Labute approximate surface area is 92.9 Å². The largest absolute Gasteiger partial charge is 0.386 e. The Balaban J connectivity index is 1.95. The molecule has 1 saturated carbocycles. The predicted molar refractivity (Wildman–Crippen MR) is 59.9 cm³/mol. The van der Waals surface area contributed by atoms with Crippen LogP contribution in [-0.4, -0.2) is 17.2 Å². The van der Waals surface area contributed by atoms with Gasteiger partial charge in [0.1, 0.15) is 6.10 Å². The van der Waals surface area contributed by atoms with Crippen molar-refractivity contribution in [3.05, 3.63) is 21.3 Å². The van der Waals surface area contributed by atoms with Gasteiger partial charge in [0.25, 0.3) is 0 Å². The maximum atomic E-state index is 9.97. The van der Waals surface area contributed by atoms with Crippen molar-refractivity contribution in [2.75, 3.05) is 0 Å². The molecule has 0 saturated heterocycles. The fraction of sp³-hybridized carbons (Fsp3) is 0.600. The third-order valence-corrected chi connectivity index (χ3v) is 3.74. The molecule has 4 heteroatoms. The maximum absolute atomic E-state index is 9.97. The molecule has 2 rings (SSSR count). The van der Waals surface area contributed by atoms with E-state index in [1.807, 2.05) is 19.1 Å². The van der Waals surface area contributed by atoms with E-state index in [9.17, 15) is 5.11 Å². The van der Waals surface area contributed by atoms with Crippen LogP contribution in [0.5, 0.6) is 0 Å². The van der Waals surface area contributed by atoms with Gasteiger partial charge in [0, 0.05) is 17.0 Å². The van der Waals surface area contributed by atoms with E-state index in [0.717, 1.165) is 9.21 Å². The van der Waals surface area contributed by atoms with Crippen LogP contribution in [0.2, 0.25) is 4.34 Å². The van der Waals surface area contributed by atoms with E-state index in [2.05, 4.69) is 5.32 Å². The van der Waals surface area contributed by atoms with Gasteiger partial charge in [-0.05, 0) is 31.9 Å². The highest BCUT2D eigenvalue weighted by atomic mass is 35.5. The third-order valence-electron chi connectivity index (χ3n) is 2.44. The van der Waals surface area contributed by atoms with Gasteiger partial charge >= 0.3 is 0 Å². The predicted octanol–water partition coefficient (Wildman–Crippen LogP) is 2.58. The lowest BCUT2D eigenvalue weighted by atomic mass is 10.1. The van der Waals surface area contributed by atoms with Crippen LogP contribution in [0.15, 0.2) is 12.1 Å². The van der Waals surface area contributed by atoms with Gasteiger partial charge in [-0.2, -0.15) is 0 Å². The van der Waals surface area contributed by atoms with Gasteiger partial charge in [-0.25, -0.2) is 0 Å². The molecule has 2 N–H and O–H groups in total. The topological polar surface area (TPSA) is 32.3 Å². The first-order valence-corrected chi connectivity index (χ1v) is 6.05. The van der Waals surface area contributed by atoms with Crippen LogP contribution in [0.3, 0.4) is 0 Å². The number of rotatable bonds is 4. The summed E-state index contributed by atoms with van der Waals surface area (Å²) in [6.45, 7) is 2.01. The second-order valence-electron chi connectivity index (χ2n) is 3.82. The van der Waals surface area contributed by atoms with Crippen molar-refractivity contribution in [2.45, 2.75) is 38.0 Å². The molecule has 2 atom stereocenters. The van der Waals surface area contributed by atoms with Crippen molar-refractivity contribution in [3.8, 4) is 0 Å². The molecule has 1 aliphatic carbocycles. The first-order valence-electron chi connectivity index (χ1n) is 4.86. The molecule has 0 radical (unpaired) electrons. The highest BCUT2D eigenvalue weighted by Crippen LogP contribution is 2.30. The van der Waals surface area contributed by atoms with Crippen molar-refractivity contribution in [3.63, 3.8) is 0 Å². The third kappa shape index (κ3) is 2.48. The lowest BCUT2D eigenvalue weighted by Gasteiger charge is -2.18. The van der Waals surface area contributed by atoms with Crippen LogP contribution in [0.4, 0.5) is 0 Å². The van der Waals surface area contributed by atoms with Gasteiger partial charge in [-0.15, -0.1) is 11.3 Å². The highest BCUT2D eigenvalue weighted by Gasteiger charge is 2.26. The van der Waals surface area contributed by atoms with Gasteiger partial charge in [0.15, 0.2) is 0 Å². The molecule has 1 aromatic heterocycles. The van der Waals surface area contributed by atoms with E-state index in [1.54, 1.807) is 0 Å². The minimum atomic E-state index is -0.437. The van der Waals surface area contributed by atoms with Crippen LogP contribution >= 0.6 is 22.9 Å². The molecule has 0 amide bonds. The Morgan fingerprint density at radius 2 is 2.29 bits per heavy atom. The zero-order valence-corrected chi connectivity index (χ0v) is 9.61. The Morgan fingerprint density at radius 3 is 2.79 bits per heavy atom. The molecule has 0 bridgehead atoms. The highest BCUT2D eigenvalue weighted by molar-refractivity contribution is 7.16. The first kappa shape index (κ1) is 10.4. The quantitative estimate of drug-likeness (QED) is 0.835. The van der Waals surface area contributed by atoms with E-state index < -0.39 is 6.10 Å². The molecule has 0 spiro atoms. The number of hydrogen-bond acceptors (Lipinski definition) is 3. The van der Waals surface area contributed by atoms with Crippen LogP contribution in [0.25, 0.3) is 0 Å². The molecule has 0 aliphatic heterocycles. The van der Waals surface area contributed by atoms with E-state index in [-0.39, 0.29) is 6.04 Å². The fourth-order valence-electron chi connectivity index (χ4n) is 1.45. The number of thiophene rings is 1. The zero-order valence-electron chi connectivity index (χ0n) is 8.03. The molecule has 14 heavy (non-hydrogen) atoms. The Morgan fingerprint density at radius 1 is 1.57 bits per heavy atom. The molecular weight excluding hydrogens is 218 g/mol. The van der Waals surface area contributed by atoms with E-state index in [4.69, 9.17) is 11.6 Å². The molecule has 1 aromatic rings. The zero-order chi connectivity index (χ0) is 10.1. The summed E-state index contributed by atoms with van der Waals surface area (Å²) >= 11 is 7.26. The average molecular weight is 232 g/mol. The number of nitrogens with one attached hydrogen (secondary N) is 1. The molecule has 2 unspecified atom stereocenters. The number of halogens is 1. The van der Waals surface area contributed by atoms with Crippen molar-refractivity contribution < 1.29 is 5.11 Å². The standard InChI is InChI=1S/C10H14ClNOS/c1-6(12-7-2-3-7)10(13)8-4-5-9(11)14-8/h4-7,10,12-13H,2-3H2,1H3. The monoisotopic (exact) mass is 231 g/mol. The van der Waals surface area contributed by atoms with Crippen LogP contribution in [0.1, 0.15) is 30.7 Å². The Kier molecular flexibility index (Phi) is 3.12. The van der Waals surface area contributed by atoms with Gasteiger partial charge in [0.05, 0.1) is 4.34 Å². The van der Waals surface area contributed by atoms with Crippen molar-refractivity contribution in [1.29, 1.82) is 0 Å². The maximum Gasteiger partial charge on any atom is 0.103 e. The number of aliphatic hydroxyl groups excluding tert-OH is 1. The minimum Gasteiger partial charge on any atom is -0.386 e. The Bertz CT molecular complexity index is 311. The summed E-state index contributed by atoms with van der Waals surface area (Å²) in [5.41, 5.74) is 0. The van der Waals surface area contributed by atoms with Crippen LogP contribution in [-0.2, 0) is 0 Å². The molecule has 1 fully saturated rings. The molecule has 1 heterocycles. The summed E-state index contributed by atoms with van der Waals surface area (Å²) in [5.74, 6) is 0. The van der Waals surface area contributed by atoms with E-state index in [0.29, 0.717) is 6.04 Å². The lowest BCUT2D eigenvalue weighted by molar-refractivity contribution is 0.138. The SMILES string of the molecule is CC(NC1CC1)C(O)c1ccc(Cl)s1. The molecule has 0 aromatic carbocycles. The summed E-state index contributed by atoms with van der Waals surface area (Å²) in [6.07, 6.45) is 2.04. The summed E-state index contributed by atoms with van der Waals surface area (Å²) in [6, 6.07) is 4.45. The van der Waals surface area contributed by atoms with Crippen LogP contribution in [0, 0.1) is 0 Å². The van der Waals surface area contributed by atoms with Gasteiger partial charge in [0.2, 0.25) is 0 Å². The van der Waals surface area contributed by atoms with Crippen LogP contribution < -0.4 is 5.32 Å². The number of hydrogen-bond donors (Lipinski definition) is 2. The smallest absolute Gasteiger partial charge is 0.103 e. The van der Waals surface area contributed by atoms with Gasteiger partial charge < -0.3 is 10.4 Å². The summed E-state index contributed by atoms with van der Waals surface area (Å²) in [7, 11) is 0. The van der Waals surface area contributed by atoms with Gasteiger partial charge in [-0.1, -0.05) is 11.6 Å². The summed E-state index contributed by atoms with van der Waals surface area (Å²) < 4.78 is 0.734. The number of aliphatic hydroxyl groups is 1. The first-order chi connectivity index (χ1) is 6.66. The molecule has 1 aliphatic rings. The van der Waals surface area contributed by atoms with Crippen molar-refractivity contribution >= 4 is 22.9 Å². The molecule has 78 valence electrons. The summed E-state index contributed by atoms with van der Waals surface area (Å²) in [5, 5.41) is 13.3. The Hall–Kier alpha value is -0.0900. The second kappa shape index (κ2) is 4.19. The summed E-state index contributed by atoms with van der Waals surface area (Å²) in [4.78, 5) is 0.940. The molecule has 2 nitrogen and oxygen atoms in total. The molecular formula is C10H14ClNOS. The van der Waals surface area contributed by atoms with Crippen molar-refractivity contribution in [1.82, 2.24) is 5.32 Å². The lowest BCUT2D eigenvalue weighted by Crippen LogP contribution is -2.33. The fourth-order valence-corrected chi connectivity index (χ4v) is 2.60. The van der Waals surface area contributed by atoms with Crippen molar-refractivity contribution in [2.24, 2.45) is 0 Å². The van der Waals surface area contributed by atoms with Gasteiger partial charge in [-0.3, -0.25) is 0 Å².